The summed E-state index contributed by atoms with van der Waals surface area (Å²) in [6, 6.07) is 8.76. The van der Waals surface area contributed by atoms with Gasteiger partial charge in [-0.2, -0.15) is 0 Å². The molecule has 0 aliphatic heterocycles. The summed E-state index contributed by atoms with van der Waals surface area (Å²) < 4.78 is 0. The second-order valence-electron chi connectivity index (χ2n) is 6.27. The number of hydrogen-bond donors (Lipinski definition) is 0. The minimum Gasteiger partial charge on any atom is -0.0768 e. The quantitative estimate of drug-likeness (QED) is 0.659. The van der Waals surface area contributed by atoms with Crippen molar-refractivity contribution in [2.75, 3.05) is 0 Å². The summed E-state index contributed by atoms with van der Waals surface area (Å²) in [6.45, 7) is 4.47. The van der Waals surface area contributed by atoms with Crippen LogP contribution in [0, 0.1) is 23.7 Å². The molecule has 0 N–H and O–H groups in total. The first-order valence-electron chi connectivity index (χ1n) is 7.47. The average Bonchev–Trinajstić information content (AvgIpc) is 2.38. The van der Waals surface area contributed by atoms with E-state index in [0.29, 0.717) is 0 Å². The Kier molecular flexibility index (Phi) is 4.10. The molecule has 0 nitrogen and oxygen atoms in total. The van der Waals surface area contributed by atoms with Crippen LogP contribution < -0.4 is 0 Å². The van der Waals surface area contributed by atoms with Crippen molar-refractivity contribution >= 4 is 12.2 Å². The molecule has 0 aromatic heterocycles. The van der Waals surface area contributed by atoms with Gasteiger partial charge in [0.25, 0.3) is 0 Å². The lowest BCUT2D eigenvalue weighted by atomic mass is 9.76. The maximum absolute atomic E-state index is 2.29. The molecular formula is C20H22. The Labute approximate surface area is 123 Å². The Morgan fingerprint density at radius 3 is 1.55 bits per heavy atom. The highest BCUT2D eigenvalue weighted by molar-refractivity contribution is 5.60. The van der Waals surface area contributed by atoms with Gasteiger partial charge in [-0.05, 0) is 66.5 Å². The lowest BCUT2D eigenvalue weighted by molar-refractivity contribution is 0.641. The molecule has 2 aliphatic carbocycles. The molecule has 3 rings (SSSR count). The Morgan fingerprint density at radius 1 is 0.700 bits per heavy atom. The Balaban J connectivity index is 1.58. The summed E-state index contributed by atoms with van der Waals surface area (Å²) in [5, 5.41) is 0. The largest absolute Gasteiger partial charge is 0.0768 e. The first-order chi connectivity index (χ1) is 9.69. The molecule has 0 saturated heterocycles. The molecule has 102 valence electrons. The zero-order chi connectivity index (χ0) is 13.9. The van der Waals surface area contributed by atoms with Crippen molar-refractivity contribution < 1.29 is 0 Å². The number of hydrogen-bond acceptors (Lipinski definition) is 0. The highest BCUT2D eigenvalue weighted by Gasteiger charge is 2.24. The van der Waals surface area contributed by atoms with Crippen LogP contribution in [0.3, 0.4) is 0 Å². The lowest BCUT2D eigenvalue weighted by Gasteiger charge is -2.28. The third-order valence-corrected chi connectivity index (χ3v) is 4.05. The lowest BCUT2D eigenvalue weighted by Crippen LogP contribution is -2.14. The number of allylic oxidation sites excluding steroid dienone is 2. The topological polar surface area (TPSA) is 0 Å². The molecular weight excluding hydrogens is 240 g/mol. The normalized spacial score (nSPS) is 22.5. The molecule has 0 heteroatoms. The zero-order valence-electron chi connectivity index (χ0n) is 12.4. The van der Waals surface area contributed by atoms with E-state index in [1.807, 2.05) is 0 Å². The van der Waals surface area contributed by atoms with Crippen molar-refractivity contribution in [3.05, 3.63) is 71.2 Å². The molecule has 20 heavy (non-hydrogen) atoms. The summed E-state index contributed by atoms with van der Waals surface area (Å²) >= 11 is 0. The van der Waals surface area contributed by atoms with Crippen LogP contribution in [0.4, 0.5) is 0 Å². The molecule has 4 radical (unpaired) electrons. The summed E-state index contributed by atoms with van der Waals surface area (Å²) in [7, 11) is 0. The highest BCUT2D eigenvalue weighted by atomic mass is 14.3. The average molecular weight is 262 g/mol. The predicted octanol–water partition coefficient (Wildman–Crippen LogP) is 5.64. The van der Waals surface area contributed by atoms with Gasteiger partial charge in [0.15, 0.2) is 0 Å². The van der Waals surface area contributed by atoms with Gasteiger partial charge in [0.2, 0.25) is 0 Å². The number of benzene rings is 1. The second kappa shape index (κ2) is 5.99. The van der Waals surface area contributed by atoms with Crippen LogP contribution in [0.2, 0.25) is 0 Å². The van der Waals surface area contributed by atoms with E-state index >= 15 is 0 Å². The third-order valence-electron chi connectivity index (χ3n) is 4.05. The Morgan fingerprint density at radius 2 is 1.15 bits per heavy atom. The van der Waals surface area contributed by atoms with Crippen LogP contribution in [-0.2, 0) is 0 Å². The molecule has 2 saturated carbocycles. The fourth-order valence-corrected chi connectivity index (χ4v) is 2.88. The van der Waals surface area contributed by atoms with E-state index in [2.05, 4.69) is 62.4 Å². The fourth-order valence-electron chi connectivity index (χ4n) is 2.88. The van der Waals surface area contributed by atoms with Crippen LogP contribution in [0.1, 0.15) is 50.7 Å². The van der Waals surface area contributed by atoms with E-state index in [4.69, 9.17) is 0 Å². The summed E-state index contributed by atoms with van der Waals surface area (Å²) in [4.78, 5) is 0. The van der Waals surface area contributed by atoms with E-state index in [0.717, 1.165) is 0 Å². The van der Waals surface area contributed by atoms with Gasteiger partial charge in [0, 0.05) is 0 Å². The van der Waals surface area contributed by atoms with Crippen LogP contribution >= 0.6 is 0 Å². The number of rotatable bonds is 4. The van der Waals surface area contributed by atoms with E-state index in [9.17, 15) is 0 Å². The Bertz CT molecular complexity index is 453. The van der Waals surface area contributed by atoms with Crippen molar-refractivity contribution in [1.82, 2.24) is 0 Å². The standard InChI is InChI=1S/C20H22/c1-15-10-19(11-15)8-6-17-4-3-5-18(14-17)7-9-20-12-16(2)13-20/h3-9,14H,10-13H2,1-2H3/b8-6-,9-7-. The molecule has 0 amide bonds. The molecule has 1 aromatic carbocycles. The van der Waals surface area contributed by atoms with Crippen LogP contribution in [0.5, 0.6) is 0 Å². The maximum Gasteiger partial charge on any atom is -0.00127 e. The van der Waals surface area contributed by atoms with E-state index in [-0.39, 0.29) is 0 Å². The van der Waals surface area contributed by atoms with E-state index < -0.39 is 0 Å². The highest BCUT2D eigenvalue weighted by Crippen LogP contribution is 2.39. The molecule has 0 unspecified atom stereocenters. The molecule has 2 aliphatic rings. The van der Waals surface area contributed by atoms with Crippen LogP contribution in [0.25, 0.3) is 12.2 Å². The minimum absolute atomic E-state index is 1.20. The summed E-state index contributed by atoms with van der Waals surface area (Å²) in [5.41, 5.74) is 2.59. The van der Waals surface area contributed by atoms with Crippen LogP contribution in [-0.4, -0.2) is 0 Å². The SMILES string of the molecule is C[C]1C[C](/C=C\c2cccc(/C=C\[C]3C[C](C)C3)c2)C1. The van der Waals surface area contributed by atoms with Crippen molar-refractivity contribution in [2.24, 2.45) is 0 Å². The van der Waals surface area contributed by atoms with Crippen molar-refractivity contribution in [3.63, 3.8) is 0 Å². The first kappa shape index (κ1) is 13.7. The van der Waals surface area contributed by atoms with Gasteiger partial charge in [-0.3, -0.25) is 0 Å². The van der Waals surface area contributed by atoms with Crippen molar-refractivity contribution in [1.29, 1.82) is 0 Å². The van der Waals surface area contributed by atoms with Gasteiger partial charge >= 0.3 is 0 Å². The van der Waals surface area contributed by atoms with Gasteiger partial charge in [-0.15, -0.1) is 0 Å². The third kappa shape index (κ3) is 3.42. The molecule has 0 spiro atoms. The molecule has 0 bridgehead atoms. The first-order valence-corrected chi connectivity index (χ1v) is 7.47. The summed E-state index contributed by atoms with van der Waals surface area (Å²) in [6.07, 6.45) is 13.9. The van der Waals surface area contributed by atoms with Gasteiger partial charge in [-0.25, -0.2) is 0 Å². The minimum atomic E-state index is 1.20. The molecule has 0 atom stereocenters. The predicted molar refractivity (Wildman–Crippen MR) is 87.3 cm³/mol. The van der Waals surface area contributed by atoms with Crippen molar-refractivity contribution in [3.8, 4) is 0 Å². The van der Waals surface area contributed by atoms with Gasteiger partial charge in [0.1, 0.15) is 0 Å². The second-order valence-corrected chi connectivity index (χ2v) is 6.27. The summed E-state index contributed by atoms with van der Waals surface area (Å²) in [5.74, 6) is 6.32. The molecule has 0 heterocycles. The van der Waals surface area contributed by atoms with Gasteiger partial charge in [-0.1, -0.05) is 56.4 Å². The molecule has 1 aromatic rings. The van der Waals surface area contributed by atoms with Gasteiger partial charge in [0.05, 0.1) is 0 Å². The molecule has 2 fully saturated rings. The maximum atomic E-state index is 2.29. The van der Waals surface area contributed by atoms with E-state index in [1.165, 1.54) is 36.8 Å². The smallest absolute Gasteiger partial charge is 0.00127 e. The Hall–Kier alpha value is -1.30. The zero-order valence-corrected chi connectivity index (χ0v) is 12.4. The van der Waals surface area contributed by atoms with Crippen LogP contribution in [0.15, 0.2) is 36.4 Å². The van der Waals surface area contributed by atoms with E-state index in [1.54, 1.807) is 23.7 Å². The van der Waals surface area contributed by atoms with Gasteiger partial charge < -0.3 is 0 Å². The fraction of sp³-hybridized carbons (Fsp3) is 0.300. The monoisotopic (exact) mass is 262 g/mol. The van der Waals surface area contributed by atoms with Crippen molar-refractivity contribution in [2.45, 2.75) is 39.5 Å².